The van der Waals surface area contributed by atoms with Crippen LogP contribution in [0.2, 0.25) is 0 Å². The van der Waals surface area contributed by atoms with Gasteiger partial charge in [0.15, 0.2) is 0 Å². The third kappa shape index (κ3) is 3.51. The van der Waals surface area contributed by atoms with Crippen LogP contribution in [0.25, 0.3) is 0 Å². The highest BCUT2D eigenvalue weighted by Crippen LogP contribution is 2.25. The van der Waals surface area contributed by atoms with E-state index in [1.165, 1.54) is 0 Å². The summed E-state index contributed by atoms with van der Waals surface area (Å²) in [5, 5.41) is 8.93. The van der Waals surface area contributed by atoms with Crippen LogP contribution in [0.5, 0.6) is 5.75 Å². The molecule has 0 saturated heterocycles. The Hall–Kier alpha value is -1.06. The second-order valence-electron chi connectivity index (χ2n) is 4.15. The first-order chi connectivity index (χ1) is 7.69. The van der Waals surface area contributed by atoms with Crippen molar-refractivity contribution in [3.8, 4) is 5.75 Å². The van der Waals surface area contributed by atoms with Crippen LogP contribution < -0.4 is 10.5 Å². The zero-order valence-corrected chi connectivity index (χ0v) is 10.0. The maximum atomic E-state index is 8.93. The van der Waals surface area contributed by atoms with E-state index in [-0.39, 0.29) is 18.6 Å². The van der Waals surface area contributed by atoms with Crippen molar-refractivity contribution in [1.82, 2.24) is 0 Å². The summed E-state index contributed by atoms with van der Waals surface area (Å²) in [6, 6.07) is 7.83. The molecule has 0 fully saturated rings. The van der Waals surface area contributed by atoms with Gasteiger partial charge in [-0.05, 0) is 12.5 Å². The van der Waals surface area contributed by atoms with Gasteiger partial charge in [-0.15, -0.1) is 0 Å². The van der Waals surface area contributed by atoms with E-state index in [1.807, 2.05) is 31.2 Å². The number of benzene rings is 1. The molecule has 1 unspecified atom stereocenters. The Balaban J connectivity index is 2.71. The van der Waals surface area contributed by atoms with E-state index in [1.54, 1.807) is 0 Å². The first-order valence-electron chi connectivity index (χ1n) is 5.77. The van der Waals surface area contributed by atoms with Crippen LogP contribution in [0, 0.1) is 5.92 Å². The van der Waals surface area contributed by atoms with Crippen LogP contribution in [0.15, 0.2) is 24.3 Å². The summed E-state index contributed by atoms with van der Waals surface area (Å²) in [4.78, 5) is 0. The summed E-state index contributed by atoms with van der Waals surface area (Å²) in [6.07, 6.45) is 0.885. The van der Waals surface area contributed by atoms with Crippen molar-refractivity contribution >= 4 is 0 Å². The van der Waals surface area contributed by atoms with Crippen molar-refractivity contribution in [1.29, 1.82) is 0 Å². The zero-order valence-electron chi connectivity index (χ0n) is 10.0. The molecule has 90 valence electrons. The van der Waals surface area contributed by atoms with Crippen LogP contribution in [0.3, 0.4) is 0 Å². The predicted molar refractivity (Wildman–Crippen MR) is 65.4 cm³/mol. The third-order valence-electron chi connectivity index (χ3n) is 2.59. The quantitative estimate of drug-likeness (QED) is 0.776. The smallest absolute Gasteiger partial charge is 0.124 e. The third-order valence-corrected chi connectivity index (χ3v) is 2.59. The van der Waals surface area contributed by atoms with E-state index in [0.29, 0.717) is 6.61 Å². The molecule has 0 saturated carbocycles. The van der Waals surface area contributed by atoms with Gasteiger partial charge >= 0.3 is 0 Å². The molecule has 3 N–H and O–H groups in total. The maximum absolute atomic E-state index is 8.93. The molecule has 0 aromatic heterocycles. The molecule has 3 nitrogen and oxygen atoms in total. The van der Waals surface area contributed by atoms with E-state index in [0.717, 1.165) is 17.7 Å². The molecule has 0 aliphatic heterocycles. The van der Waals surface area contributed by atoms with Crippen LogP contribution in [0.4, 0.5) is 0 Å². The van der Waals surface area contributed by atoms with E-state index >= 15 is 0 Å². The average Bonchev–Trinajstić information content (AvgIpc) is 2.35. The Labute approximate surface area is 97.2 Å². The molecule has 0 spiro atoms. The molecule has 0 aliphatic carbocycles. The topological polar surface area (TPSA) is 55.5 Å². The van der Waals surface area contributed by atoms with Crippen molar-refractivity contribution < 1.29 is 9.84 Å². The van der Waals surface area contributed by atoms with Crippen LogP contribution >= 0.6 is 0 Å². The lowest BCUT2D eigenvalue weighted by molar-refractivity contribution is 0.173. The number of hydrogen-bond donors (Lipinski definition) is 2. The summed E-state index contributed by atoms with van der Waals surface area (Å²) in [5.41, 5.74) is 7.04. The second-order valence-corrected chi connectivity index (χ2v) is 4.15. The Bertz CT molecular complexity index is 315. The molecule has 1 rings (SSSR count). The molecule has 0 bridgehead atoms. The second kappa shape index (κ2) is 6.51. The molecule has 0 radical (unpaired) electrons. The molecule has 0 aliphatic rings. The minimum absolute atomic E-state index is 0.0145. The van der Waals surface area contributed by atoms with Crippen molar-refractivity contribution in [2.75, 3.05) is 13.2 Å². The van der Waals surface area contributed by atoms with Crippen LogP contribution in [0.1, 0.15) is 31.9 Å². The molecule has 2 atom stereocenters. The van der Waals surface area contributed by atoms with Gasteiger partial charge in [-0.1, -0.05) is 32.0 Å². The normalized spacial score (nSPS) is 14.5. The summed E-state index contributed by atoms with van der Waals surface area (Å²) in [7, 11) is 0. The number of ether oxygens (including phenoxy) is 1. The summed E-state index contributed by atoms with van der Waals surface area (Å²) < 4.78 is 5.67. The number of aliphatic hydroxyl groups is 1. The molecular weight excluding hydrogens is 202 g/mol. The highest BCUT2D eigenvalue weighted by atomic mass is 16.5. The zero-order chi connectivity index (χ0) is 12.0. The average molecular weight is 223 g/mol. The molecular formula is C13H21NO2. The lowest BCUT2D eigenvalue weighted by Crippen LogP contribution is -2.15. The lowest BCUT2D eigenvalue weighted by atomic mass is 10.0. The van der Waals surface area contributed by atoms with Crippen molar-refractivity contribution in [3.63, 3.8) is 0 Å². The highest BCUT2D eigenvalue weighted by Gasteiger charge is 2.10. The number of para-hydroxylation sites is 1. The van der Waals surface area contributed by atoms with Gasteiger partial charge in [-0.3, -0.25) is 0 Å². The SMILES string of the molecule is CC[C@H](N)c1ccccc1OCC(C)CO. The predicted octanol–water partition coefficient (Wildman–Crippen LogP) is 2.10. The molecule has 3 heteroatoms. The fourth-order valence-corrected chi connectivity index (χ4v) is 1.42. The minimum Gasteiger partial charge on any atom is -0.493 e. The van der Waals surface area contributed by atoms with E-state index in [4.69, 9.17) is 15.6 Å². The monoisotopic (exact) mass is 223 g/mol. The molecule has 1 aromatic rings. The Morgan fingerprint density at radius 2 is 2.06 bits per heavy atom. The van der Waals surface area contributed by atoms with Gasteiger partial charge in [-0.2, -0.15) is 0 Å². The van der Waals surface area contributed by atoms with E-state index in [9.17, 15) is 0 Å². The molecule has 1 aromatic carbocycles. The molecule has 16 heavy (non-hydrogen) atoms. The van der Waals surface area contributed by atoms with E-state index in [2.05, 4.69) is 6.92 Å². The Morgan fingerprint density at radius 3 is 2.69 bits per heavy atom. The summed E-state index contributed by atoms with van der Waals surface area (Å²) in [5.74, 6) is 0.975. The fraction of sp³-hybridized carbons (Fsp3) is 0.538. The van der Waals surface area contributed by atoms with Crippen molar-refractivity contribution in [2.45, 2.75) is 26.3 Å². The first kappa shape index (κ1) is 13.0. The maximum Gasteiger partial charge on any atom is 0.124 e. The van der Waals surface area contributed by atoms with Crippen molar-refractivity contribution in [3.05, 3.63) is 29.8 Å². The largest absolute Gasteiger partial charge is 0.493 e. The Morgan fingerprint density at radius 1 is 1.38 bits per heavy atom. The fourth-order valence-electron chi connectivity index (χ4n) is 1.42. The van der Waals surface area contributed by atoms with Gasteiger partial charge in [0.05, 0.1) is 6.61 Å². The highest BCUT2D eigenvalue weighted by molar-refractivity contribution is 5.35. The standard InChI is InChI=1S/C13H21NO2/c1-3-12(14)11-6-4-5-7-13(11)16-9-10(2)8-15/h4-7,10,12,15H,3,8-9,14H2,1-2H3/t10?,12-/m0/s1. The lowest BCUT2D eigenvalue weighted by Gasteiger charge is -2.17. The van der Waals surface area contributed by atoms with Crippen LogP contribution in [-0.4, -0.2) is 18.3 Å². The van der Waals surface area contributed by atoms with E-state index < -0.39 is 0 Å². The van der Waals surface area contributed by atoms with Gasteiger partial charge in [0.25, 0.3) is 0 Å². The number of aliphatic hydroxyl groups excluding tert-OH is 1. The minimum atomic E-state index is 0.0145. The number of rotatable bonds is 6. The Kier molecular flexibility index (Phi) is 5.29. The van der Waals surface area contributed by atoms with Gasteiger partial charge in [-0.25, -0.2) is 0 Å². The van der Waals surface area contributed by atoms with Gasteiger partial charge in [0.1, 0.15) is 5.75 Å². The van der Waals surface area contributed by atoms with Gasteiger partial charge in [0, 0.05) is 24.1 Å². The molecule has 0 amide bonds. The first-order valence-corrected chi connectivity index (χ1v) is 5.77. The number of nitrogens with two attached hydrogens (primary N) is 1. The summed E-state index contributed by atoms with van der Waals surface area (Å²) in [6.45, 7) is 4.66. The molecule has 0 heterocycles. The van der Waals surface area contributed by atoms with Gasteiger partial charge in [0.2, 0.25) is 0 Å². The van der Waals surface area contributed by atoms with Crippen molar-refractivity contribution in [2.24, 2.45) is 11.7 Å². The number of hydrogen-bond acceptors (Lipinski definition) is 3. The van der Waals surface area contributed by atoms with Gasteiger partial charge < -0.3 is 15.6 Å². The summed E-state index contributed by atoms with van der Waals surface area (Å²) >= 11 is 0. The van der Waals surface area contributed by atoms with Crippen LogP contribution in [-0.2, 0) is 0 Å².